The second-order valence-electron chi connectivity index (χ2n) is 7.12. The topological polar surface area (TPSA) is 67.1 Å². The van der Waals surface area contributed by atoms with Crippen LogP contribution >= 0.6 is 27.5 Å². The molecule has 0 amide bonds. The first-order valence-corrected chi connectivity index (χ1v) is 9.23. The summed E-state index contributed by atoms with van der Waals surface area (Å²) in [7, 11) is 0. The van der Waals surface area contributed by atoms with Gasteiger partial charge in [-0.2, -0.15) is 5.10 Å². The van der Waals surface area contributed by atoms with Gasteiger partial charge in [-0.3, -0.25) is 4.79 Å². The third kappa shape index (κ3) is 2.50. The predicted octanol–water partition coefficient (Wildman–Crippen LogP) is 4.66. The molecular formula is C18H17BrClN3O2. The van der Waals surface area contributed by atoms with Crippen LogP contribution in [-0.2, 0) is 4.79 Å². The Hall–Kier alpha value is -1.79. The Morgan fingerprint density at radius 3 is 2.96 bits per heavy atom. The molecule has 1 aliphatic carbocycles. The highest BCUT2D eigenvalue weighted by atomic mass is 79.9. The molecular weight excluding hydrogens is 406 g/mol. The van der Waals surface area contributed by atoms with E-state index in [0.717, 1.165) is 24.4 Å². The number of carbonyl (C=O) groups excluding carboxylic acids is 1. The third-order valence-corrected chi connectivity index (χ3v) is 5.83. The summed E-state index contributed by atoms with van der Waals surface area (Å²) in [4.78, 5) is 13.2. The van der Waals surface area contributed by atoms with Gasteiger partial charge in [0.25, 0.3) is 0 Å². The number of aromatic nitrogens is 2. The Balaban J connectivity index is 1.99. The molecule has 2 aliphatic rings. The maximum atomic E-state index is 13.2. The summed E-state index contributed by atoms with van der Waals surface area (Å²) < 4.78 is 2.22. The molecule has 1 aromatic carbocycles. The van der Waals surface area contributed by atoms with Crippen molar-refractivity contribution in [2.45, 2.75) is 32.7 Å². The fourth-order valence-electron chi connectivity index (χ4n) is 3.58. The summed E-state index contributed by atoms with van der Waals surface area (Å²) in [6.07, 6.45) is 3.24. The number of anilines is 1. The highest BCUT2D eigenvalue weighted by molar-refractivity contribution is 9.10. The number of benzene rings is 1. The van der Waals surface area contributed by atoms with Crippen LogP contribution in [0.3, 0.4) is 0 Å². The number of fused-ring (bicyclic) bond motifs is 1. The molecule has 1 aliphatic heterocycles. The Morgan fingerprint density at radius 2 is 2.20 bits per heavy atom. The molecule has 0 spiro atoms. The van der Waals surface area contributed by atoms with Crippen molar-refractivity contribution in [3.63, 3.8) is 0 Å². The lowest BCUT2D eigenvalue weighted by Gasteiger charge is -2.39. The van der Waals surface area contributed by atoms with Gasteiger partial charge in [0.1, 0.15) is 17.6 Å². The van der Waals surface area contributed by atoms with Crippen LogP contribution in [0.2, 0.25) is 5.02 Å². The zero-order valence-electron chi connectivity index (χ0n) is 13.8. The van der Waals surface area contributed by atoms with Crippen molar-refractivity contribution in [1.29, 1.82) is 0 Å². The van der Waals surface area contributed by atoms with Gasteiger partial charge < -0.3 is 10.4 Å². The molecule has 1 atom stereocenters. The van der Waals surface area contributed by atoms with Crippen LogP contribution in [0.4, 0.5) is 5.82 Å². The lowest BCUT2D eigenvalue weighted by molar-refractivity contribution is -0.124. The fourth-order valence-corrected chi connectivity index (χ4v) is 4.42. The molecule has 130 valence electrons. The Morgan fingerprint density at radius 1 is 1.44 bits per heavy atom. The van der Waals surface area contributed by atoms with Gasteiger partial charge in [0.2, 0.25) is 0 Å². The van der Waals surface area contributed by atoms with Crippen molar-refractivity contribution in [2.75, 3.05) is 5.32 Å². The number of phenolic OH excluding ortho intramolecular Hbond substituents is 1. The highest BCUT2D eigenvalue weighted by Crippen LogP contribution is 2.48. The lowest BCUT2D eigenvalue weighted by Crippen LogP contribution is -2.39. The minimum absolute atomic E-state index is 0.0702. The molecule has 1 aromatic heterocycles. The smallest absolute Gasteiger partial charge is 0.168 e. The number of phenols is 1. The van der Waals surface area contributed by atoms with Gasteiger partial charge >= 0.3 is 0 Å². The van der Waals surface area contributed by atoms with Crippen LogP contribution < -0.4 is 5.32 Å². The van der Waals surface area contributed by atoms with Crippen molar-refractivity contribution in [1.82, 2.24) is 9.78 Å². The molecule has 0 saturated carbocycles. The maximum absolute atomic E-state index is 13.2. The van der Waals surface area contributed by atoms with Crippen LogP contribution in [0.5, 0.6) is 5.75 Å². The zero-order valence-corrected chi connectivity index (χ0v) is 16.1. The molecule has 1 unspecified atom stereocenters. The highest BCUT2D eigenvalue weighted by Gasteiger charge is 2.44. The van der Waals surface area contributed by atoms with Gasteiger partial charge in [0.15, 0.2) is 5.78 Å². The van der Waals surface area contributed by atoms with E-state index in [9.17, 15) is 9.90 Å². The van der Waals surface area contributed by atoms with E-state index < -0.39 is 11.5 Å². The van der Waals surface area contributed by atoms with Gasteiger partial charge in [-0.1, -0.05) is 25.4 Å². The molecule has 5 nitrogen and oxygen atoms in total. The van der Waals surface area contributed by atoms with Crippen molar-refractivity contribution < 1.29 is 9.90 Å². The van der Waals surface area contributed by atoms with Crippen molar-refractivity contribution >= 4 is 39.1 Å². The van der Waals surface area contributed by atoms with Gasteiger partial charge in [-0.05, 0) is 40.9 Å². The zero-order chi connectivity index (χ0) is 17.9. The third-order valence-electron chi connectivity index (χ3n) is 5.00. The predicted molar refractivity (Wildman–Crippen MR) is 99.9 cm³/mol. The minimum Gasteiger partial charge on any atom is -0.506 e. The number of aromatic hydroxyl groups is 1. The summed E-state index contributed by atoms with van der Waals surface area (Å²) >= 11 is 9.56. The van der Waals surface area contributed by atoms with E-state index in [2.05, 4.69) is 26.3 Å². The molecule has 4 rings (SSSR count). The standard InChI is InChI=1S/C18H17BrClN3O2/c1-18(2)5-3-12-14(17(18)25)15(23-13(22-12)4-6-21-23)10-7-9(20)8-11(19)16(10)24/h4,6-8,15,22,24H,3,5H2,1-2H3. The number of hydrogen-bond donors (Lipinski definition) is 2. The molecule has 2 aromatic rings. The van der Waals surface area contributed by atoms with Crippen LogP contribution in [0.1, 0.15) is 38.3 Å². The van der Waals surface area contributed by atoms with Crippen molar-refractivity contribution in [3.05, 3.63) is 50.7 Å². The molecule has 0 fully saturated rings. The average molecular weight is 423 g/mol. The first kappa shape index (κ1) is 16.7. The lowest BCUT2D eigenvalue weighted by atomic mass is 9.71. The van der Waals surface area contributed by atoms with E-state index in [1.165, 1.54) is 0 Å². The monoisotopic (exact) mass is 421 g/mol. The Bertz CT molecular complexity index is 932. The number of nitrogens with zero attached hydrogens (tertiary/aromatic N) is 2. The SMILES string of the molecule is CC1(C)CCC2=C(C1=O)C(c1cc(Cl)cc(Br)c1O)n1nccc1N2. The molecule has 25 heavy (non-hydrogen) atoms. The van der Waals surface area contributed by atoms with Crippen LogP contribution in [0.15, 0.2) is 40.1 Å². The van der Waals surface area contributed by atoms with Crippen LogP contribution in [0.25, 0.3) is 0 Å². The number of hydrogen-bond acceptors (Lipinski definition) is 4. The normalized spacial score (nSPS) is 21.6. The Labute approximate surface area is 158 Å². The van der Waals surface area contributed by atoms with Crippen LogP contribution in [0, 0.1) is 5.41 Å². The number of nitrogens with one attached hydrogen (secondary N) is 1. The first-order valence-electron chi connectivity index (χ1n) is 8.06. The summed E-state index contributed by atoms with van der Waals surface area (Å²) in [5.74, 6) is 0.940. The summed E-state index contributed by atoms with van der Waals surface area (Å²) in [5, 5.41) is 18.8. The van der Waals surface area contributed by atoms with Gasteiger partial charge in [-0.15, -0.1) is 0 Å². The van der Waals surface area contributed by atoms with Crippen LogP contribution in [-0.4, -0.2) is 20.7 Å². The number of ketones is 1. The first-order chi connectivity index (χ1) is 11.8. The molecule has 2 N–H and O–H groups in total. The Kier molecular flexibility index (Phi) is 3.74. The average Bonchev–Trinajstić information content (AvgIpc) is 3.01. The number of Topliss-reactive ketones (excluding diaryl/α,β-unsaturated/α-hetero) is 1. The van der Waals surface area contributed by atoms with E-state index in [0.29, 0.717) is 20.6 Å². The molecule has 0 bridgehead atoms. The molecule has 0 saturated heterocycles. The second kappa shape index (κ2) is 5.61. The summed E-state index contributed by atoms with van der Waals surface area (Å²) in [5.41, 5.74) is 1.66. The second-order valence-corrected chi connectivity index (χ2v) is 8.41. The molecule has 0 radical (unpaired) electrons. The van der Waals surface area contributed by atoms with Crippen molar-refractivity contribution in [3.8, 4) is 5.75 Å². The number of halogens is 2. The van der Waals surface area contributed by atoms with E-state index >= 15 is 0 Å². The summed E-state index contributed by atoms with van der Waals surface area (Å²) in [6, 6.07) is 4.68. The van der Waals surface area contributed by atoms with Gasteiger partial charge in [-0.25, -0.2) is 4.68 Å². The number of rotatable bonds is 1. The maximum Gasteiger partial charge on any atom is 0.168 e. The quantitative estimate of drug-likeness (QED) is 0.701. The minimum atomic E-state index is -0.511. The van der Waals surface area contributed by atoms with E-state index in [-0.39, 0.29) is 11.5 Å². The largest absolute Gasteiger partial charge is 0.506 e. The van der Waals surface area contributed by atoms with Gasteiger partial charge in [0, 0.05) is 33.3 Å². The van der Waals surface area contributed by atoms with E-state index in [4.69, 9.17) is 11.6 Å². The molecule has 2 heterocycles. The van der Waals surface area contributed by atoms with Gasteiger partial charge in [0.05, 0.1) is 10.7 Å². The number of carbonyl (C=O) groups is 1. The van der Waals surface area contributed by atoms with E-state index in [1.807, 2.05) is 19.9 Å². The number of allylic oxidation sites excluding steroid dienone is 2. The van der Waals surface area contributed by atoms with Crippen molar-refractivity contribution in [2.24, 2.45) is 5.41 Å². The fraction of sp³-hybridized carbons (Fsp3) is 0.333. The summed E-state index contributed by atoms with van der Waals surface area (Å²) in [6.45, 7) is 3.92. The molecule has 7 heteroatoms. The van der Waals surface area contributed by atoms with E-state index in [1.54, 1.807) is 23.0 Å².